The average Bonchev–Trinajstić information content (AvgIpc) is 2.58. The van der Waals surface area contributed by atoms with Gasteiger partial charge in [-0.05, 0) is 31.4 Å². The van der Waals surface area contributed by atoms with E-state index in [-0.39, 0.29) is 5.91 Å². The lowest BCUT2D eigenvalue weighted by Crippen LogP contribution is -2.48. The molecular formula is C15H25N5O2. The Morgan fingerprint density at radius 1 is 1.55 bits per heavy atom. The second kappa shape index (κ2) is 9.32. The maximum atomic E-state index is 11.7. The van der Waals surface area contributed by atoms with Crippen molar-refractivity contribution in [3.63, 3.8) is 0 Å². The van der Waals surface area contributed by atoms with Crippen molar-refractivity contribution in [3.05, 3.63) is 18.3 Å². The second-order valence-corrected chi connectivity index (χ2v) is 5.44. The van der Waals surface area contributed by atoms with Crippen molar-refractivity contribution >= 4 is 11.7 Å². The van der Waals surface area contributed by atoms with Crippen LogP contribution in [0.15, 0.2) is 18.3 Å². The molecule has 2 heterocycles. The van der Waals surface area contributed by atoms with Gasteiger partial charge in [-0.1, -0.05) is 0 Å². The molecule has 1 atom stereocenters. The van der Waals surface area contributed by atoms with Gasteiger partial charge >= 0.3 is 0 Å². The molecule has 1 saturated heterocycles. The van der Waals surface area contributed by atoms with Gasteiger partial charge in [0.15, 0.2) is 5.82 Å². The molecule has 1 unspecified atom stereocenters. The summed E-state index contributed by atoms with van der Waals surface area (Å²) in [7, 11) is 1.66. The van der Waals surface area contributed by atoms with Crippen LogP contribution in [0, 0.1) is 0 Å². The predicted molar refractivity (Wildman–Crippen MR) is 84.8 cm³/mol. The molecular weight excluding hydrogens is 282 g/mol. The molecule has 0 radical (unpaired) electrons. The zero-order valence-electron chi connectivity index (χ0n) is 13.1. The molecule has 1 fully saturated rings. The molecule has 7 nitrogen and oxygen atoms in total. The fraction of sp³-hybridized carbons (Fsp3) is 0.667. The van der Waals surface area contributed by atoms with Crippen molar-refractivity contribution in [1.82, 2.24) is 20.8 Å². The van der Waals surface area contributed by atoms with Gasteiger partial charge in [0.2, 0.25) is 5.91 Å². The van der Waals surface area contributed by atoms with Crippen molar-refractivity contribution < 1.29 is 9.53 Å². The van der Waals surface area contributed by atoms with Crippen LogP contribution in [0.2, 0.25) is 0 Å². The summed E-state index contributed by atoms with van der Waals surface area (Å²) in [5.74, 6) is 0.936. The van der Waals surface area contributed by atoms with Gasteiger partial charge in [0, 0.05) is 45.6 Å². The van der Waals surface area contributed by atoms with Crippen molar-refractivity contribution in [2.45, 2.75) is 25.3 Å². The first-order valence-corrected chi connectivity index (χ1v) is 7.81. The van der Waals surface area contributed by atoms with Crippen molar-refractivity contribution in [1.29, 1.82) is 0 Å². The Balaban J connectivity index is 1.68. The van der Waals surface area contributed by atoms with Crippen LogP contribution >= 0.6 is 0 Å². The first-order valence-electron chi connectivity index (χ1n) is 7.81. The van der Waals surface area contributed by atoms with Gasteiger partial charge in [-0.25, -0.2) is 0 Å². The lowest BCUT2D eigenvalue weighted by Gasteiger charge is -2.33. The third-order valence-electron chi connectivity index (χ3n) is 3.70. The quantitative estimate of drug-likeness (QED) is 0.667. The van der Waals surface area contributed by atoms with E-state index in [1.54, 1.807) is 13.3 Å². The number of amides is 1. The van der Waals surface area contributed by atoms with Crippen LogP contribution in [0.3, 0.4) is 0 Å². The fourth-order valence-electron chi connectivity index (χ4n) is 2.56. The number of nitrogens with zero attached hydrogens (tertiary/aromatic N) is 3. The highest BCUT2D eigenvalue weighted by Gasteiger charge is 2.21. The summed E-state index contributed by atoms with van der Waals surface area (Å²) < 4.78 is 4.95. The molecule has 2 rings (SSSR count). The third-order valence-corrected chi connectivity index (χ3v) is 3.70. The van der Waals surface area contributed by atoms with Gasteiger partial charge in [-0.3, -0.25) is 4.79 Å². The predicted octanol–water partition coefficient (Wildman–Crippen LogP) is 0.188. The number of rotatable bonds is 8. The van der Waals surface area contributed by atoms with E-state index in [1.165, 1.54) is 0 Å². The molecule has 122 valence electrons. The summed E-state index contributed by atoms with van der Waals surface area (Å²) in [5, 5.41) is 14.3. The molecule has 1 aromatic heterocycles. The summed E-state index contributed by atoms with van der Waals surface area (Å²) >= 11 is 0. The Bertz CT molecular complexity index is 443. The fourth-order valence-corrected chi connectivity index (χ4v) is 2.56. The number of piperidine rings is 1. The Labute approximate surface area is 131 Å². The number of hydrogen-bond acceptors (Lipinski definition) is 6. The van der Waals surface area contributed by atoms with E-state index < -0.39 is 0 Å². The number of nitrogens with one attached hydrogen (secondary N) is 2. The highest BCUT2D eigenvalue weighted by molar-refractivity contribution is 5.77. The number of ether oxygens (including phenoxy) is 1. The van der Waals surface area contributed by atoms with Crippen LogP contribution in [0.4, 0.5) is 5.82 Å². The summed E-state index contributed by atoms with van der Waals surface area (Å²) in [6, 6.07) is 4.17. The normalized spacial score (nSPS) is 18.2. The van der Waals surface area contributed by atoms with Crippen molar-refractivity contribution in [3.8, 4) is 0 Å². The summed E-state index contributed by atoms with van der Waals surface area (Å²) in [4.78, 5) is 14.0. The van der Waals surface area contributed by atoms with E-state index in [0.29, 0.717) is 25.7 Å². The molecule has 0 saturated carbocycles. The number of carbonyl (C=O) groups is 1. The van der Waals surface area contributed by atoms with Crippen LogP contribution < -0.4 is 15.5 Å². The van der Waals surface area contributed by atoms with E-state index in [9.17, 15) is 4.79 Å². The van der Waals surface area contributed by atoms with Crippen LogP contribution in [0.5, 0.6) is 0 Å². The Hall–Kier alpha value is -1.73. The van der Waals surface area contributed by atoms with Crippen LogP contribution in [-0.4, -0.2) is 62.0 Å². The van der Waals surface area contributed by atoms with Gasteiger partial charge in [0.05, 0.1) is 6.54 Å². The molecule has 22 heavy (non-hydrogen) atoms. The SMILES string of the molecule is COCCCNC(=O)CNC1CCCN(c2cccnn2)C1. The number of methoxy groups -OCH3 is 1. The van der Waals surface area contributed by atoms with Gasteiger partial charge in [0.1, 0.15) is 0 Å². The Morgan fingerprint density at radius 3 is 3.23 bits per heavy atom. The molecule has 0 aliphatic carbocycles. The van der Waals surface area contributed by atoms with Gasteiger partial charge in [0.25, 0.3) is 0 Å². The number of anilines is 1. The minimum Gasteiger partial charge on any atom is -0.385 e. The van der Waals surface area contributed by atoms with E-state index in [4.69, 9.17) is 4.74 Å². The highest BCUT2D eigenvalue weighted by atomic mass is 16.5. The van der Waals surface area contributed by atoms with Crippen LogP contribution in [0.25, 0.3) is 0 Å². The summed E-state index contributed by atoms with van der Waals surface area (Å²) in [6.45, 7) is 3.52. The molecule has 0 bridgehead atoms. The van der Waals surface area contributed by atoms with E-state index in [2.05, 4.69) is 25.7 Å². The first kappa shape index (κ1) is 16.6. The molecule has 1 aliphatic rings. The van der Waals surface area contributed by atoms with E-state index in [0.717, 1.165) is 38.2 Å². The monoisotopic (exact) mass is 307 g/mol. The van der Waals surface area contributed by atoms with E-state index >= 15 is 0 Å². The minimum atomic E-state index is 0.0349. The maximum absolute atomic E-state index is 11.7. The highest BCUT2D eigenvalue weighted by Crippen LogP contribution is 2.16. The summed E-state index contributed by atoms with van der Waals surface area (Å²) in [6.07, 6.45) is 4.68. The first-order chi connectivity index (χ1) is 10.8. The van der Waals surface area contributed by atoms with Crippen molar-refractivity contribution in [2.24, 2.45) is 0 Å². The zero-order valence-corrected chi connectivity index (χ0v) is 13.1. The lowest BCUT2D eigenvalue weighted by molar-refractivity contribution is -0.120. The minimum absolute atomic E-state index is 0.0349. The molecule has 1 aromatic rings. The van der Waals surface area contributed by atoms with Crippen LogP contribution in [-0.2, 0) is 9.53 Å². The largest absolute Gasteiger partial charge is 0.385 e. The smallest absolute Gasteiger partial charge is 0.233 e. The number of hydrogen-bond donors (Lipinski definition) is 2. The molecule has 0 spiro atoms. The van der Waals surface area contributed by atoms with Crippen LogP contribution in [0.1, 0.15) is 19.3 Å². The Kier molecular flexibility index (Phi) is 7.05. The maximum Gasteiger partial charge on any atom is 0.233 e. The molecule has 0 aromatic carbocycles. The third kappa shape index (κ3) is 5.57. The van der Waals surface area contributed by atoms with Gasteiger partial charge in [-0.2, -0.15) is 5.10 Å². The number of carbonyl (C=O) groups excluding carboxylic acids is 1. The lowest BCUT2D eigenvalue weighted by atomic mass is 10.1. The van der Waals surface area contributed by atoms with Crippen molar-refractivity contribution in [2.75, 3.05) is 44.8 Å². The molecule has 2 N–H and O–H groups in total. The topological polar surface area (TPSA) is 79.4 Å². The molecule has 1 amide bonds. The standard InChI is InChI=1S/C15H25N5O2/c1-22-10-4-7-16-15(21)11-17-13-5-3-9-20(12-13)14-6-2-8-18-19-14/h2,6,8,13,17H,3-5,7,9-12H2,1H3,(H,16,21). The molecule has 1 aliphatic heterocycles. The average molecular weight is 307 g/mol. The summed E-state index contributed by atoms with van der Waals surface area (Å²) in [5.41, 5.74) is 0. The van der Waals surface area contributed by atoms with Gasteiger partial charge < -0.3 is 20.3 Å². The molecule has 7 heteroatoms. The second-order valence-electron chi connectivity index (χ2n) is 5.44. The Morgan fingerprint density at radius 2 is 2.45 bits per heavy atom. The van der Waals surface area contributed by atoms with Gasteiger partial charge in [-0.15, -0.1) is 5.10 Å². The number of aromatic nitrogens is 2. The van der Waals surface area contributed by atoms with E-state index in [1.807, 2.05) is 12.1 Å². The zero-order chi connectivity index (χ0) is 15.6.